The van der Waals surface area contributed by atoms with Crippen molar-refractivity contribution in [1.82, 2.24) is 9.55 Å². The molecule has 3 N–H and O–H groups in total. The van der Waals surface area contributed by atoms with E-state index in [4.69, 9.17) is 14.8 Å². The van der Waals surface area contributed by atoms with E-state index >= 15 is 0 Å². The van der Waals surface area contributed by atoms with Gasteiger partial charge in [0.1, 0.15) is 5.82 Å². The first-order chi connectivity index (χ1) is 10.5. The number of anilines is 1. The van der Waals surface area contributed by atoms with Crippen molar-refractivity contribution < 1.29 is 18.7 Å². The second-order valence-corrected chi connectivity index (χ2v) is 6.45. The van der Waals surface area contributed by atoms with Crippen molar-refractivity contribution >= 4 is 13.4 Å². The lowest BCUT2D eigenvalue weighted by atomic mass is 10.3. The first-order valence-electron chi connectivity index (χ1n) is 6.96. The van der Waals surface area contributed by atoms with Gasteiger partial charge < -0.3 is 19.9 Å². The van der Waals surface area contributed by atoms with Gasteiger partial charge in [-0.2, -0.15) is 4.98 Å². The lowest BCUT2D eigenvalue weighted by Gasteiger charge is -2.16. The summed E-state index contributed by atoms with van der Waals surface area (Å²) in [6.07, 6.45) is 4.63. The monoisotopic (exact) mass is 331 g/mol. The topological polar surface area (TPSA) is 117 Å². The zero-order valence-corrected chi connectivity index (χ0v) is 13.6. The largest absolute Gasteiger partial charge is 0.394 e. The molecule has 0 amide bonds. The van der Waals surface area contributed by atoms with Crippen molar-refractivity contribution in [3.63, 3.8) is 0 Å². The van der Waals surface area contributed by atoms with Crippen LogP contribution in [-0.2, 0) is 13.6 Å². The minimum atomic E-state index is -3.19. The number of nitrogen functional groups attached to an aromatic ring is 1. The van der Waals surface area contributed by atoms with Crippen LogP contribution in [-0.4, -0.2) is 40.6 Å². The van der Waals surface area contributed by atoms with Crippen LogP contribution in [0.3, 0.4) is 0 Å². The van der Waals surface area contributed by atoms with Gasteiger partial charge in [-0.15, -0.1) is 0 Å². The molecule has 0 aliphatic rings. The normalized spacial score (nSPS) is 13.6. The first kappa shape index (κ1) is 18.6. The van der Waals surface area contributed by atoms with Crippen LogP contribution in [0.5, 0.6) is 0 Å². The van der Waals surface area contributed by atoms with Crippen LogP contribution in [0, 0.1) is 0 Å². The van der Waals surface area contributed by atoms with E-state index in [0.29, 0.717) is 0 Å². The summed E-state index contributed by atoms with van der Waals surface area (Å²) in [5, 5.41) is 9.41. The van der Waals surface area contributed by atoms with E-state index in [2.05, 4.69) is 4.98 Å². The number of aliphatic hydroxyl groups is 1. The van der Waals surface area contributed by atoms with Gasteiger partial charge in [0.25, 0.3) is 0 Å². The Balaban J connectivity index is 2.85. The third-order valence-corrected chi connectivity index (χ3v) is 4.70. The van der Waals surface area contributed by atoms with Crippen LogP contribution < -0.4 is 11.4 Å². The summed E-state index contributed by atoms with van der Waals surface area (Å²) >= 11 is 0. The predicted octanol–water partition coefficient (Wildman–Crippen LogP) is 1.18. The molecule has 0 aromatic carbocycles. The highest BCUT2D eigenvalue weighted by Gasteiger charge is 2.21. The Morgan fingerprint density at radius 1 is 1.45 bits per heavy atom. The van der Waals surface area contributed by atoms with Crippen molar-refractivity contribution in [2.45, 2.75) is 19.9 Å². The Labute approximate surface area is 129 Å². The average Bonchev–Trinajstić information content (AvgIpc) is 2.45. The molecular formula is C13H22N3O5P. The van der Waals surface area contributed by atoms with Gasteiger partial charge in [-0.1, -0.05) is 12.2 Å². The third kappa shape index (κ3) is 5.38. The van der Waals surface area contributed by atoms with Crippen molar-refractivity contribution in [3.8, 4) is 0 Å². The SMILES string of the molecule is CCOP(=O)(C/C=C/[C@@H](CO)n1ccc(N)nc1=O)OCC. The van der Waals surface area contributed by atoms with Crippen LogP contribution >= 0.6 is 7.60 Å². The van der Waals surface area contributed by atoms with Crippen LogP contribution in [0.25, 0.3) is 0 Å². The van der Waals surface area contributed by atoms with Gasteiger partial charge in [-0.25, -0.2) is 4.79 Å². The molecule has 124 valence electrons. The number of rotatable bonds is 9. The van der Waals surface area contributed by atoms with Crippen LogP contribution in [0.15, 0.2) is 29.2 Å². The number of nitrogens with zero attached hydrogens (tertiary/aromatic N) is 2. The van der Waals surface area contributed by atoms with Gasteiger partial charge in [0.2, 0.25) is 0 Å². The second-order valence-electron chi connectivity index (χ2n) is 4.35. The Morgan fingerprint density at radius 2 is 2.09 bits per heavy atom. The highest BCUT2D eigenvalue weighted by Crippen LogP contribution is 2.47. The summed E-state index contributed by atoms with van der Waals surface area (Å²) in [5.41, 5.74) is 4.85. The highest BCUT2D eigenvalue weighted by atomic mass is 31.2. The molecule has 0 spiro atoms. The molecule has 8 nitrogen and oxygen atoms in total. The van der Waals surface area contributed by atoms with Gasteiger partial charge in [0.15, 0.2) is 0 Å². The predicted molar refractivity (Wildman–Crippen MR) is 83.9 cm³/mol. The summed E-state index contributed by atoms with van der Waals surface area (Å²) in [7, 11) is -3.19. The molecule has 0 bridgehead atoms. The molecule has 0 fully saturated rings. The standard InChI is InChI=1S/C13H22N3O5P/c1-3-20-22(19,21-4-2)9-5-6-11(10-17)16-8-7-12(14)15-13(16)18/h5-8,11,17H,3-4,9-10H2,1-2H3,(H2,14,15,18)/b6-5+/t11-/m0/s1. The smallest absolute Gasteiger partial charge is 0.350 e. The van der Waals surface area contributed by atoms with E-state index in [-0.39, 0.29) is 31.8 Å². The van der Waals surface area contributed by atoms with Crippen LogP contribution in [0.1, 0.15) is 19.9 Å². The molecule has 0 aliphatic heterocycles. The lowest BCUT2D eigenvalue weighted by molar-refractivity contribution is 0.222. The van der Waals surface area contributed by atoms with E-state index in [1.807, 2.05) is 0 Å². The Kier molecular flexibility index (Phi) is 7.47. The maximum atomic E-state index is 12.3. The molecule has 0 saturated carbocycles. The molecule has 1 aromatic rings. The number of hydrogen-bond donors (Lipinski definition) is 2. The quantitative estimate of drug-likeness (QED) is 0.515. The van der Waals surface area contributed by atoms with Gasteiger partial charge in [0, 0.05) is 6.20 Å². The van der Waals surface area contributed by atoms with E-state index in [1.165, 1.54) is 16.8 Å². The summed E-state index contributed by atoms with van der Waals surface area (Å²) in [6, 6.07) is 0.834. The number of aromatic nitrogens is 2. The number of allylic oxidation sites excluding steroid dienone is 1. The van der Waals surface area contributed by atoms with E-state index in [1.54, 1.807) is 26.0 Å². The number of hydrogen-bond acceptors (Lipinski definition) is 7. The molecule has 0 unspecified atom stereocenters. The average molecular weight is 331 g/mol. The van der Waals surface area contributed by atoms with E-state index in [9.17, 15) is 14.5 Å². The number of nitrogens with two attached hydrogens (primary N) is 1. The van der Waals surface area contributed by atoms with Gasteiger partial charge in [0.05, 0.1) is 32.0 Å². The molecule has 0 saturated heterocycles. The Bertz CT molecular complexity index is 592. The zero-order chi connectivity index (χ0) is 16.6. The maximum absolute atomic E-state index is 12.3. The fourth-order valence-electron chi connectivity index (χ4n) is 1.80. The minimum absolute atomic E-state index is 0.0579. The molecule has 9 heteroatoms. The van der Waals surface area contributed by atoms with E-state index < -0.39 is 19.3 Å². The summed E-state index contributed by atoms with van der Waals surface area (Å²) in [6.45, 7) is 3.69. The van der Waals surface area contributed by atoms with Gasteiger partial charge in [-0.3, -0.25) is 9.13 Å². The molecule has 1 rings (SSSR count). The van der Waals surface area contributed by atoms with Crippen LogP contribution in [0.4, 0.5) is 5.82 Å². The van der Waals surface area contributed by atoms with E-state index in [0.717, 1.165) is 0 Å². The summed E-state index contributed by atoms with van der Waals surface area (Å²) in [5.74, 6) is 0.110. The molecule has 1 atom stereocenters. The summed E-state index contributed by atoms with van der Waals surface area (Å²) < 4.78 is 23.8. The van der Waals surface area contributed by atoms with Crippen molar-refractivity contribution in [2.75, 3.05) is 31.7 Å². The first-order valence-corrected chi connectivity index (χ1v) is 8.68. The Hall–Kier alpha value is -1.47. The second kappa shape index (κ2) is 8.85. The number of aliphatic hydroxyl groups excluding tert-OH is 1. The zero-order valence-electron chi connectivity index (χ0n) is 12.7. The van der Waals surface area contributed by atoms with Crippen molar-refractivity contribution in [2.24, 2.45) is 0 Å². The minimum Gasteiger partial charge on any atom is -0.394 e. The third-order valence-electron chi connectivity index (χ3n) is 2.73. The molecule has 1 heterocycles. The molecule has 22 heavy (non-hydrogen) atoms. The highest BCUT2D eigenvalue weighted by molar-refractivity contribution is 7.54. The van der Waals surface area contributed by atoms with Crippen LogP contribution in [0.2, 0.25) is 0 Å². The van der Waals surface area contributed by atoms with Crippen molar-refractivity contribution in [3.05, 3.63) is 34.9 Å². The fourth-order valence-corrected chi connectivity index (χ4v) is 3.25. The van der Waals surface area contributed by atoms with Crippen molar-refractivity contribution in [1.29, 1.82) is 0 Å². The Morgan fingerprint density at radius 3 is 2.59 bits per heavy atom. The molecule has 0 radical (unpaired) electrons. The van der Waals surface area contributed by atoms with Gasteiger partial charge in [-0.05, 0) is 19.9 Å². The summed E-state index contributed by atoms with van der Waals surface area (Å²) in [4.78, 5) is 15.3. The van der Waals surface area contributed by atoms with Gasteiger partial charge >= 0.3 is 13.3 Å². The molecular weight excluding hydrogens is 309 g/mol. The molecule has 0 aliphatic carbocycles. The fraction of sp³-hybridized carbons (Fsp3) is 0.538. The lowest BCUT2D eigenvalue weighted by Crippen LogP contribution is -2.28. The maximum Gasteiger partial charge on any atom is 0.350 e. The molecule has 1 aromatic heterocycles.